The molecule has 0 aliphatic carbocycles. The Bertz CT molecular complexity index is 1180. The van der Waals surface area contributed by atoms with Crippen LogP contribution in [-0.2, 0) is 6.54 Å². The molecule has 0 amide bonds. The number of ether oxygens (including phenoxy) is 1. The zero-order valence-electron chi connectivity index (χ0n) is 16.8. The van der Waals surface area contributed by atoms with Crippen molar-refractivity contribution in [1.29, 1.82) is 5.26 Å². The average Bonchev–Trinajstić information content (AvgIpc) is 3.26. The monoisotopic (exact) mass is 457 g/mol. The first-order valence-electron chi connectivity index (χ1n) is 9.43. The molecule has 0 bridgehead atoms. The Balaban J connectivity index is 0.00000272. The van der Waals surface area contributed by atoms with Gasteiger partial charge in [-0.05, 0) is 41.5 Å². The zero-order valence-corrected chi connectivity index (χ0v) is 18.4. The van der Waals surface area contributed by atoms with Gasteiger partial charge in [0.15, 0.2) is 11.6 Å². The van der Waals surface area contributed by atoms with Crippen LogP contribution in [0.25, 0.3) is 10.8 Å². The zero-order chi connectivity index (χ0) is 21.1. The largest absolute Gasteiger partial charge is 0.495 e. The molecule has 2 aromatic carbocycles. The van der Waals surface area contributed by atoms with E-state index in [-0.39, 0.29) is 19.0 Å². The number of hydrogen-bond acceptors (Lipinski definition) is 7. The molecule has 0 unspecified atom stereocenters. The molecule has 1 aromatic heterocycles. The summed E-state index contributed by atoms with van der Waals surface area (Å²) in [5.74, 6) is 1.94. The molecule has 160 valence electrons. The van der Waals surface area contributed by atoms with Gasteiger partial charge in [-0.3, -0.25) is 0 Å². The third kappa shape index (κ3) is 4.67. The van der Waals surface area contributed by atoms with Crippen LogP contribution in [0.5, 0.6) is 5.75 Å². The van der Waals surface area contributed by atoms with E-state index < -0.39 is 0 Å². The Kier molecular flexibility index (Phi) is 7.18. The second-order valence-corrected chi connectivity index (χ2v) is 7.38. The lowest BCUT2D eigenvalue weighted by atomic mass is 10.1. The van der Waals surface area contributed by atoms with Crippen molar-refractivity contribution in [2.45, 2.75) is 6.54 Å². The van der Waals surface area contributed by atoms with Crippen LogP contribution < -0.4 is 15.0 Å². The molecule has 0 atom stereocenters. The number of halogens is 2. The summed E-state index contributed by atoms with van der Waals surface area (Å²) in [6, 6.07) is 13.2. The molecule has 7 nitrogen and oxygen atoms in total. The van der Waals surface area contributed by atoms with E-state index in [0.717, 1.165) is 27.7 Å². The van der Waals surface area contributed by atoms with Gasteiger partial charge in [0.05, 0.1) is 30.4 Å². The quantitative estimate of drug-likeness (QED) is 0.541. The summed E-state index contributed by atoms with van der Waals surface area (Å²) < 4.78 is 5.19. The van der Waals surface area contributed by atoms with Gasteiger partial charge in [0, 0.05) is 30.4 Å². The lowest BCUT2D eigenvalue weighted by Gasteiger charge is -2.20. The minimum absolute atomic E-state index is 0. The maximum absolute atomic E-state index is 9.39. The van der Waals surface area contributed by atoms with Crippen molar-refractivity contribution in [2.75, 3.05) is 37.0 Å². The van der Waals surface area contributed by atoms with Gasteiger partial charge in [0.1, 0.15) is 5.75 Å². The van der Waals surface area contributed by atoms with Gasteiger partial charge in [-0.2, -0.15) is 5.26 Å². The van der Waals surface area contributed by atoms with Gasteiger partial charge in [-0.25, -0.2) is 0 Å². The first kappa shape index (κ1) is 22.6. The maximum atomic E-state index is 9.39. The number of nitrogens with one attached hydrogen (secondary N) is 1. The van der Waals surface area contributed by atoms with E-state index in [0.29, 0.717) is 41.8 Å². The van der Waals surface area contributed by atoms with Gasteiger partial charge >= 0.3 is 0 Å². The standard InChI is InChI=1S/C22H20ClN5O2.ClH/c1-30-20-5-3-15(9-19(20)23)11-25-21-18-8-14(10-24)2-4-17(18)22(27-26-21)28-7-6-16(12-28)13-29;/h2-6,8-9,29H,7,11-13H2,1H3,(H,25,26);1H. The number of aromatic nitrogens is 2. The Hall–Kier alpha value is -3.05. The normalized spacial score (nSPS) is 12.8. The van der Waals surface area contributed by atoms with Crippen LogP contribution in [0.15, 0.2) is 48.0 Å². The van der Waals surface area contributed by atoms with Crippen LogP contribution >= 0.6 is 24.0 Å². The molecule has 9 heteroatoms. The summed E-state index contributed by atoms with van der Waals surface area (Å²) >= 11 is 6.22. The van der Waals surface area contributed by atoms with Crippen LogP contribution in [0.1, 0.15) is 11.1 Å². The molecule has 0 spiro atoms. The highest BCUT2D eigenvalue weighted by Crippen LogP contribution is 2.32. The van der Waals surface area contributed by atoms with E-state index in [4.69, 9.17) is 16.3 Å². The van der Waals surface area contributed by atoms with Crippen LogP contribution in [0.4, 0.5) is 11.6 Å². The summed E-state index contributed by atoms with van der Waals surface area (Å²) in [4.78, 5) is 2.06. The summed E-state index contributed by atoms with van der Waals surface area (Å²) in [6.45, 7) is 1.79. The molecule has 1 aliphatic rings. The van der Waals surface area contributed by atoms with E-state index in [1.807, 2.05) is 36.4 Å². The van der Waals surface area contributed by atoms with Crippen LogP contribution in [-0.4, -0.2) is 42.1 Å². The van der Waals surface area contributed by atoms with E-state index >= 15 is 0 Å². The molecule has 2 N–H and O–H groups in total. The molecule has 1 aliphatic heterocycles. The molecule has 3 aromatic rings. The van der Waals surface area contributed by atoms with Crippen LogP contribution in [0.2, 0.25) is 5.02 Å². The number of benzene rings is 2. The topological polar surface area (TPSA) is 94.3 Å². The van der Waals surface area contributed by atoms with Crippen molar-refractivity contribution in [3.05, 3.63) is 64.2 Å². The molecule has 31 heavy (non-hydrogen) atoms. The highest BCUT2D eigenvalue weighted by atomic mass is 35.5. The number of nitrogens with zero attached hydrogens (tertiary/aromatic N) is 4. The minimum Gasteiger partial charge on any atom is -0.495 e. The van der Waals surface area contributed by atoms with Gasteiger partial charge in [-0.1, -0.05) is 23.7 Å². The van der Waals surface area contributed by atoms with Crippen molar-refractivity contribution in [2.24, 2.45) is 0 Å². The molecular formula is C22H21Cl2N5O2. The third-order valence-corrected chi connectivity index (χ3v) is 5.36. The first-order chi connectivity index (χ1) is 14.6. The fraction of sp³-hybridized carbons (Fsp3) is 0.227. The number of nitriles is 1. The molecule has 2 heterocycles. The maximum Gasteiger partial charge on any atom is 0.159 e. The summed E-state index contributed by atoms with van der Waals surface area (Å²) in [6.07, 6.45) is 2.00. The minimum atomic E-state index is 0. The Labute approximate surface area is 191 Å². The number of hydrogen-bond donors (Lipinski definition) is 2. The SMILES string of the molecule is COc1ccc(CNc2nnc(N3CC=C(CO)C3)c3ccc(C#N)cc23)cc1Cl.Cl. The van der Waals surface area contributed by atoms with Crippen molar-refractivity contribution < 1.29 is 9.84 Å². The highest BCUT2D eigenvalue weighted by Gasteiger charge is 2.20. The van der Waals surface area contributed by atoms with Crippen molar-refractivity contribution >= 4 is 46.4 Å². The second kappa shape index (κ2) is 9.84. The summed E-state index contributed by atoms with van der Waals surface area (Å²) in [5.41, 5.74) is 2.47. The molecular weight excluding hydrogens is 437 g/mol. The average molecular weight is 458 g/mol. The summed E-state index contributed by atoms with van der Waals surface area (Å²) in [7, 11) is 1.58. The van der Waals surface area contributed by atoms with Crippen molar-refractivity contribution in [3.8, 4) is 11.8 Å². The Morgan fingerprint density at radius 1 is 1.23 bits per heavy atom. The van der Waals surface area contributed by atoms with E-state index in [2.05, 4.69) is 26.5 Å². The van der Waals surface area contributed by atoms with Gasteiger partial charge in [-0.15, -0.1) is 22.6 Å². The first-order valence-corrected chi connectivity index (χ1v) is 9.81. The lowest BCUT2D eigenvalue weighted by Crippen LogP contribution is -2.22. The Morgan fingerprint density at radius 2 is 2.06 bits per heavy atom. The number of fused-ring (bicyclic) bond motifs is 1. The number of aliphatic hydroxyl groups is 1. The van der Waals surface area contributed by atoms with Gasteiger partial charge in [0.2, 0.25) is 0 Å². The fourth-order valence-electron chi connectivity index (χ4n) is 3.47. The molecule has 0 fully saturated rings. The number of anilines is 2. The lowest BCUT2D eigenvalue weighted by molar-refractivity contribution is 0.330. The molecule has 0 radical (unpaired) electrons. The van der Waals surface area contributed by atoms with Crippen molar-refractivity contribution in [3.63, 3.8) is 0 Å². The third-order valence-electron chi connectivity index (χ3n) is 5.06. The molecule has 0 saturated carbocycles. The van der Waals surface area contributed by atoms with Crippen LogP contribution in [0.3, 0.4) is 0 Å². The number of rotatable bonds is 6. The van der Waals surface area contributed by atoms with E-state index in [9.17, 15) is 10.4 Å². The molecule has 0 saturated heterocycles. The molecule has 4 rings (SSSR count). The van der Waals surface area contributed by atoms with E-state index in [1.165, 1.54) is 0 Å². The highest BCUT2D eigenvalue weighted by molar-refractivity contribution is 6.32. The smallest absolute Gasteiger partial charge is 0.159 e. The van der Waals surface area contributed by atoms with E-state index in [1.54, 1.807) is 13.2 Å². The second-order valence-electron chi connectivity index (χ2n) is 6.97. The number of aliphatic hydroxyl groups excluding tert-OH is 1. The van der Waals surface area contributed by atoms with Crippen LogP contribution in [0, 0.1) is 11.3 Å². The van der Waals surface area contributed by atoms with Crippen molar-refractivity contribution in [1.82, 2.24) is 10.2 Å². The van der Waals surface area contributed by atoms with Gasteiger partial charge in [0.25, 0.3) is 0 Å². The summed E-state index contributed by atoms with van der Waals surface area (Å²) in [5, 5.41) is 33.1. The predicted octanol–water partition coefficient (Wildman–Crippen LogP) is 3.94. The number of methoxy groups -OCH3 is 1. The predicted molar refractivity (Wildman–Crippen MR) is 124 cm³/mol. The van der Waals surface area contributed by atoms with Gasteiger partial charge < -0.3 is 20.1 Å². The Morgan fingerprint density at radius 3 is 2.74 bits per heavy atom. The fourth-order valence-corrected chi connectivity index (χ4v) is 3.75.